The van der Waals surface area contributed by atoms with E-state index in [1.54, 1.807) is 24.3 Å². The Morgan fingerprint density at radius 1 is 1.07 bits per heavy atom. The second kappa shape index (κ2) is 10.1. The van der Waals surface area contributed by atoms with Crippen LogP contribution in [0.4, 0.5) is 0 Å². The summed E-state index contributed by atoms with van der Waals surface area (Å²) < 4.78 is 5.55. The lowest BCUT2D eigenvalue weighted by molar-refractivity contribution is -0.141. The van der Waals surface area contributed by atoms with Crippen molar-refractivity contribution in [3.05, 3.63) is 65.7 Å². The molecule has 2 rings (SSSR count). The van der Waals surface area contributed by atoms with Gasteiger partial charge in [0.05, 0.1) is 6.61 Å². The van der Waals surface area contributed by atoms with Gasteiger partial charge in [-0.15, -0.1) is 0 Å². The zero-order valence-corrected chi connectivity index (χ0v) is 15.2. The van der Waals surface area contributed by atoms with Gasteiger partial charge >= 0.3 is 5.97 Å². The van der Waals surface area contributed by atoms with E-state index in [0.29, 0.717) is 24.3 Å². The van der Waals surface area contributed by atoms with Crippen molar-refractivity contribution in [3.8, 4) is 5.75 Å². The SMILES string of the molecule is CC(=O)c1cccc(OCCCC(=O)NC(Cc2ccccc2)C(=O)O)c1. The highest BCUT2D eigenvalue weighted by Crippen LogP contribution is 2.14. The number of carbonyl (C=O) groups excluding carboxylic acids is 2. The van der Waals surface area contributed by atoms with Crippen LogP contribution in [0.1, 0.15) is 35.7 Å². The largest absolute Gasteiger partial charge is 0.494 e. The molecule has 0 aliphatic heterocycles. The van der Waals surface area contributed by atoms with E-state index in [-0.39, 0.29) is 24.5 Å². The molecule has 0 aliphatic rings. The van der Waals surface area contributed by atoms with Gasteiger partial charge in [0.15, 0.2) is 5.78 Å². The summed E-state index contributed by atoms with van der Waals surface area (Å²) in [5.74, 6) is -0.877. The first-order valence-electron chi connectivity index (χ1n) is 8.75. The zero-order valence-electron chi connectivity index (χ0n) is 15.2. The smallest absolute Gasteiger partial charge is 0.326 e. The molecule has 27 heavy (non-hydrogen) atoms. The molecule has 1 unspecified atom stereocenters. The summed E-state index contributed by atoms with van der Waals surface area (Å²) in [5, 5.41) is 11.9. The predicted octanol–water partition coefficient (Wildman–Crippen LogP) is 2.86. The van der Waals surface area contributed by atoms with Crippen LogP contribution in [-0.2, 0) is 16.0 Å². The molecule has 2 aromatic rings. The molecule has 1 atom stereocenters. The molecule has 6 heteroatoms. The van der Waals surface area contributed by atoms with Gasteiger partial charge in [-0.05, 0) is 31.0 Å². The first-order chi connectivity index (χ1) is 13.0. The number of ether oxygens (including phenoxy) is 1. The number of nitrogens with one attached hydrogen (secondary N) is 1. The summed E-state index contributed by atoms with van der Waals surface area (Å²) >= 11 is 0. The molecule has 0 heterocycles. The van der Waals surface area contributed by atoms with E-state index in [2.05, 4.69) is 5.32 Å². The maximum Gasteiger partial charge on any atom is 0.326 e. The molecule has 0 bridgehead atoms. The summed E-state index contributed by atoms with van der Waals surface area (Å²) in [6.07, 6.45) is 0.828. The van der Waals surface area contributed by atoms with Crippen LogP contribution in [0.5, 0.6) is 5.75 Å². The van der Waals surface area contributed by atoms with Crippen LogP contribution in [0.2, 0.25) is 0 Å². The maximum absolute atomic E-state index is 12.0. The summed E-state index contributed by atoms with van der Waals surface area (Å²) in [5.41, 5.74) is 1.41. The van der Waals surface area contributed by atoms with Crippen molar-refractivity contribution in [2.75, 3.05) is 6.61 Å². The van der Waals surface area contributed by atoms with Crippen molar-refractivity contribution in [2.45, 2.75) is 32.2 Å². The van der Waals surface area contributed by atoms with Crippen molar-refractivity contribution in [3.63, 3.8) is 0 Å². The number of amides is 1. The number of carbonyl (C=O) groups is 3. The third-order valence-electron chi connectivity index (χ3n) is 3.97. The third kappa shape index (κ3) is 6.93. The minimum atomic E-state index is -1.07. The Morgan fingerprint density at radius 3 is 2.48 bits per heavy atom. The van der Waals surface area contributed by atoms with Crippen LogP contribution in [0.3, 0.4) is 0 Å². The normalized spacial score (nSPS) is 11.4. The van der Waals surface area contributed by atoms with Crippen LogP contribution in [0.25, 0.3) is 0 Å². The number of hydrogen-bond donors (Lipinski definition) is 2. The highest BCUT2D eigenvalue weighted by Gasteiger charge is 2.20. The van der Waals surface area contributed by atoms with Gasteiger partial charge in [0, 0.05) is 18.4 Å². The van der Waals surface area contributed by atoms with E-state index in [4.69, 9.17) is 4.74 Å². The Kier molecular flexibility index (Phi) is 7.55. The Morgan fingerprint density at radius 2 is 1.81 bits per heavy atom. The fourth-order valence-electron chi connectivity index (χ4n) is 2.54. The highest BCUT2D eigenvalue weighted by atomic mass is 16.5. The van der Waals surface area contributed by atoms with Crippen LogP contribution in [0, 0.1) is 0 Å². The molecule has 2 aromatic carbocycles. The maximum atomic E-state index is 12.0. The van der Waals surface area contributed by atoms with Crippen LogP contribution in [-0.4, -0.2) is 35.4 Å². The average molecular weight is 369 g/mol. The Hall–Kier alpha value is -3.15. The number of benzene rings is 2. The summed E-state index contributed by atoms with van der Waals surface area (Å²) in [6.45, 7) is 1.78. The van der Waals surface area contributed by atoms with Gasteiger partial charge in [0.25, 0.3) is 0 Å². The number of rotatable bonds is 10. The number of hydrogen-bond acceptors (Lipinski definition) is 4. The first kappa shape index (κ1) is 20.2. The Balaban J connectivity index is 1.76. The quantitative estimate of drug-likeness (QED) is 0.496. The van der Waals surface area contributed by atoms with Crippen molar-refractivity contribution < 1.29 is 24.2 Å². The second-order valence-electron chi connectivity index (χ2n) is 6.18. The predicted molar refractivity (Wildman–Crippen MR) is 101 cm³/mol. The number of Topliss-reactive ketones (excluding diaryl/α,β-unsaturated/α-hetero) is 1. The van der Waals surface area contributed by atoms with E-state index in [9.17, 15) is 19.5 Å². The Bertz CT molecular complexity index is 788. The molecule has 0 saturated carbocycles. The fourth-order valence-corrected chi connectivity index (χ4v) is 2.54. The lowest BCUT2D eigenvalue weighted by atomic mass is 10.1. The molecule has 2 N–H and O–H groups in total. The molecule has 1 amide bonds. The van der Waals surface area contributed by atoms with E-state index < -0.39 is 12.0 Å². The van der Waals surface area contributed by atoms with Gasteiger partial charge in [-0.1, -0.05) is 42.5 Å². The topological polar surface area (TPSA) is 92.7 Å². The standard InChI is InChI=1S/C21H23NO5/c1-15(23)17-9-5-10-18(14-17)27-12-6-11-20(24)22-19(21(25)26)13-16-7-3-2-4-8-16/h2-5,7-10,14,19H,6,11-13H2,1H3,(H,22,24)(H,25,26). The van der Waals surface area contributed by atoms with Gasteiger partial charge in [0.1, 0.15) is 11.8 Å². The van der Waals surface area contributed by atoms with E-state index in [1.165, 1.54) is 6.92 Å². The molecule has 6 nitrogen and oxygen atoms in total. The van der Waals surface area contributed by atoms with Gasteiger partial charge in [-0.25, -0.2) is 4.79 Å². The summed E-state index contributed by atoms with van der Waals surface area (Å²) in [7, 11) is 0. The number of carboxylic acid groups (broad SMARTS) is 1. The lowest BCUT2D eigenvalue weighted by Crippen LogP contribution is -2.42. The van der Waals surface area contributed by atoms with Crippen LogP contribution in [0.15, 0.2) is 54.6 Å². The second-order valence-corrected chi connectivity index (χ2v) is 6.18. The first-order valence-corrected chi connectivity index (χ1v) is 8.75. The molecule has 0 aliphatic carbocycles. The van der Waals surface area contributed by atoms with Gasteiger partial charge in [0.2, 0.25) is 5.91 Å². The molecule has 0 fully saturated rings. The fraction of sp³-hybridized carbons (Fsp3) is 0.286. The summed E-state index contributed by atoms with van der Waals surface area (Å²) in [6, 6.07) is 15.0. The highest BCUT2D eigenvalue weighted by molar-refractivity contribution is 5.94. The number of carboxylic acids is 1. The monoisotopic (exact) mass is 369 g/mol. The molecule has 0 radical (unpaired) electrons. The Labute approximate surface area is 158 Å². The number of aliphatic carboxylic acids is 1. The molecule has 0 saturated heterocycles. The average Bonchev–Trinajstić information content (AvgIpc) is 2.65. The lowest BCUT2D eigenvalue weighted by Gasteiger charge is -2.15. The van der Waals surface area contributed by atoms with Crippen molar-refractivity contribution >= 4 is 17.7 Å². The molecular formula is C21H23NO5. The molecule has 142 valence electrons. The number of ketones is 1. The van der Waals surface area contributed by atoms with Crippen molar-refractivity contribution in [1.82, 2.24) is 5.32 Å². The van der Waals surface area contributed by atoms with Crippen LogP contribution < -0.4 is 10.1 Å². The van der Waals surface area contributed by atoms with E-state index >= 15 is 0 Å². The van der Waals surface area contributed by atoms with E-state index in [1.807, 2.05) is 30.3 Å². The van der Waals surface area contributed by atoms with Crippen LogP contribution >= 0.6 is 0 Å². The molecular weight excluding hydrogens is 346 g/mol. The molecule has 0 aromatic heterocycles. The minimum absolute atomic E-state index is 0.0436. The zero-order chi connectivity index (χ0) is 19.6. The van der Waals surface area contributed by atoms with Gasteiger partial charge < -0.3 is 15.2 Å². The van der Waals surface area contributed by atoms with Gasteiger partial charge in [-0.3, -0.25) is 9.59 Å². The molecule has 0 spiro atoms. The van der Waals surface area contributed by atoms with Crippen molar-refractivity contribution in [1.29, 1.82) is 0 Å². The summed E-state index contributed by atoms with van der Waals surface area (Å²) in [4.78, 5) is 34.8. The van der Waals surface area contributed by atoms with Crippen molar-refractivity contribution in [2.24, 2.45) is 0 Å². The third-order valence-corrected chi connectivity index (χ3v) is 3.97. The van der Waals surface area contributed by atoms with E-state index in [0.717, 1.165) is 5.56 Å². The minimum Gasteiger partial charge on any atom is -0.494 e. The van der Waals surface area contributed by atoms with Gasteiger partial charge in [-0.2, -0.15) is 0 Å².